The highest BCUT2D eigenvalue weighted by Gasteiger charge is 2.20. The normalized spacial score (nSPS) is 21.8. The van der Waals surface area contributed by atoms with Gasteiger partial charge in [0.15, 0.2) is 0 Å². The van der Waals surface area contributed by atoms with Crippen LogP contribution in [-0.4, -0.2) is 12.6 Å². The third-order valence-electron chi connectivity index (χ3n) is 3.97. The number of hydrogen-bond acceptors (Lipinski definition) is 1. The lowest BCUT2D eigenvalue weighted by atomic mass is 9.91. The van der Waals surface area contributed by atoms with Crippen LogP contribution in [0.4, 0.5) is 0 Å². The highest BCUT2D eigenvalue weighted by Crippen LogP contribution is 2.30. The first-order chi connectivity index (χ1) is 7.26. The average Bonchev–Trinajstić information content (AvgIpc) is 2.70. The van der Waals surface area contributed by atoms with Gasteiger partial charge in [0.2, 0.25) is 0 Å². The van der Waals surface area contributed by atoms with Gasteiger partial charge in [-0.15, -0.1) is 0 Å². The standard InChI is InChI=1S/C14H29N/c1-4-12(3)10-14(15-5-2)11-13-8-6-7-9-13/h12-15H,4-11H2,1-3H3. The van der Waals surface area contributed by atoms with E-state index in [2.05, 4.69) is 26.1 Å². The van der Waals surface area contributed by atoms with E-state index in [0.717, 1.165) is 24.4 Å². The molecule has 0 aromatic heterocycles. The van der Waals surface area contributed by atoms with Crippen molar-refractivity contribution < 1.29 is 0 Å². The van der Waals surface area contributed by atoms with Crippen molar-refractivity contribution >= 4 is 0 Å². The highest BCUT2D eigenvalue weighted by atomic mass is 14.9. The van der Waals surface area contributed by atoms with E-state index < -0.39 is 0 Å². The molecule has 0 aliphatic heterocycles. The zero-order valence-corrected chi connectivity index (χ0v) is 10.9. The Kier molecular flexibility index (Phi) is 6.31. The van der Waals surface area contributed by atoms with Gasteiger partial charge in [0.05, 0.1) is 0 Å². The van der Waals surface area contributed by atoms with Gasteiger partial charge in [-0.3, -0.25) is 0 Å². The molecule has 90 valence electrons. The Morgan fingerprint density at radius 1 is 1.20 bits per heavy atom. The molecule has 1 rings (SSSR count). The molecule has 1 nitrogen and oxygen atoms in total. The molecule has 1 aliphatic carbocycles. The largest absolute Gasteiger partial charge is 0.314 e. The highest BCUT2D eigenvalue weighted by molar-refractivity contribution is 4.76. The van der Waals surface area contributed by atoms with Crippen LogP contribution in [0.25, 0.3) is 0 Å². The predicted octanol–water partition coefficient (Wildman–Crippen LogP) is 3.98. The molecule has 1 heteroatoms. The van der Waals surface area contributed by atoms with Gasteiger partial charge in [-0.1, -0.05) is 52.9 Å². The minimum absolute atomic E-state index is 0.785. The molecule has 2 unspecified atom stereocenters. The van der Waals surface area contributed by atoms with Crippen LogP contribution < -0.4 is 5.32 Å². The van der Waals surface area contributed by atoms with E-state index in [9.17, 15) is 0 Å². The van der Waals surface area contributed by atoms with Gasteiger partial charge in [-0.25, -0.2) is 0 Å². The SMILES string of the molecule is CCNC(CC(C)CC)CC1CCCC1. The van der Waals surface area contributed by atoms with Crippen LogP contribution in [0.5, 0.6) is 0 Å². The smallest absolute Gasteiger partial charge is 0.00721 e. The monoisotopic (exact) mass is 211 g/mol. The summed E-state index contributed by atoms with van der Waals surface area (Å²) in [6, 6.07) is 0.785. The molecule has 0 radical (unpaired) electrons. The molecule has 0 aromatic rings. The van der Waals surface area contributed by atoms with Gasteiger partial charge < -0.3 is 5.32 Å². The zero-order chi connectivity index (χ0) is 11.1. The molecule has 1 N–H and O–H groups in total. The van der Waals surface area contributed by atoms with Crippen molar-refractivity contribution in [2.45, 2.75) is 71.8 Å². The maximum atomic E-state index is 3.67. The first-order valence-corrected chi connectivity index (χ1v) is 6.99. The Hall–Kier alpha value is -0.0400. The first kappa shape index (κ1) is 13.0. The molecule has 0 aromatic carbocycles. The maximum absolute atomic E-state index is 3.67. The van der Waals surface area contributed by atoms with Crippen molar-refractivity contribution in [2.75, 3.05) is 6.54 Å². The van der Waals surface area contributed by atoms with E-state index in [1.54, 1.807) is 0 Å². The van der Waals surface area contributed by atoms with E-state index in [1.807, 2.05) is 0 Å². The van der Waals surface area contributed by atoms with E-state index in [-0.39, 0.29) is 0 Å². The molecular formula is C14H29N. The molecule has 1 saturated carbocycles. The topological polar surface area (TPSA) is 12.0 Å². The summed E-state index contributed by atoms with van der Waals surface area (Å²) in [4.78, 5) is 0. The molecule has 0 bridgehead atoms. The van der Waals surface area contributed by atoms with Crippen LogP contribution in [-0.2, 0) is 0 Å². The van der Waals surface area contributed by atoms with Crippen molar-refractivity contribution in [2.24, 2.45) is 11.8 Å². The molecule has 15 heavy (non-hydrogen) atoms. The van der Waals surface area contributed by atoms with E-state index in [0.29, 0.717) is 0 Å². The second-order valence-electron chi connectivity index (χ2n) is 5.39. The predicted molar refractivity (Wildman–Crippen MR) is 68.1 cm³/mol. The lowest BCUT2D eigenvalue weighted by Crippen LogP contribution is -2.32. The minimum Gasteiger partial charge on any atom is -0.314 e. The van der Waals surface area contributed by atoms with E-state index in [4.69, 9.17) is 0 Å². The average molecular weight is 211 g/mol. The van der Waals surface area contributed by atoms with Gasteiger partial charge in [-0.05, 0) is 31.2 Å². The van der Waals surface area contributed by atoms with Crippen molar-refractivity contribution in [3.8, 4) is 0 Å². The minimum atomic E-state index is 0.785. The molecular weight excluding hydrogens is 182 g/mol. The van der Waals surface area contributed by atoms with Crippen LogP contribution in [0.15, 0.2) is 0 Å². The van der Waals surface area contributed by atoms with Gasteiger partial charge in [0, 0.05) is 6.04 Å². The Balaban J connectivity index is 2.28. The van der Waals surface area contributed by atoms with Crippen LogP contribution in [0, 0.1) is 11.8 Å². The van der Waals surface area contributed by atoms with Gasteiger partial charge in [0.25, 0.3) is 0 Å². The maximum Gasteiger partial charge on any atom is 0.00721 e. The van der Waals surface area contributed by atoms with E-state index in [1.165, 1.54) is 44.9 Å². The lowest BCUT2D eigenvalue weighted by Gasteiger charge is -2.24. The van der Waals surface area contributed by atoms with Crippen molar-refractivity contribution in [3.05, 3.63) is 0 Å². The lowest BCUT2D eigenvalue weighted by molar-refractivity contribution is 0.332. The van der Waals surface area contributed by atoms with E-state index >= 15 is 0 Å². The van der Waals surface area contributed by atoms with Crippen LogP contribution >= 0.6 is 0 Å². The summed E-state index contributed by atoms with van der Waals surface area (Å²) in [6.45, 7) is 8.06. The second-order valence-corrected chi connectivity index (χ2v) is 5.39. The van der Waals surface area contributed by atoms with Crippen molar-refractivity contribution in [3.63, 3.8) is 0 Å². The molecule has 1 aliphatic rings. The van der Waals surface area contributed by atoms with Crippen molar-refractivity contribution in [1.29, 1.82) is 0 Å². The molecule has 2 atom stereocenters. The molecule has 0 heterocycles. The Labute approximate surface area is 96.0 Å². The Bertz CT molecular complexity index is 149. The summed E-state index contributed by atoms with van der Waals surface area (Å²) in [5.74, 6) is 1.91. The fraction of sp³-hybridized carbons (Fsp3) is 1.00. The van der Waals surface area contributed by atoms with Crippen LogP contribution in [0.1, 0.15) is 65.7 Å². The molecule has 0 amide bonds. The second kappa shape index (κ2) is 7.27. The summed E-state index contributed by atoms with van der Waals surface area (Å²) in [6.07, 6.45) is 10.1. The Morgan fingerprint density at radius 2 is 1.87 bits per heavy atom. The quantitative estimate of drug-likeness (QED) is 0.671. The summed E-state index contributed by atoms with van der Waals surface area (Å²) in [5.41, 5.74) is 0. The molecule has 1 fully saturated rings. The summed E-state index contributed by atoms with van der Waals surface area (Å²) >= 11 is 0. The third kappa shape index (κ3) is 5.01. The van der Waals surface area contributed by atoms with Crippen LogP contribution in [0.2, 0.25) is 0 Å². The van der Waals surface area contributed by atoms with Crippen LogP contribution in [0.3, 0.4) is 0 Å². The fourth-order valence-corrected chi connectivity index (χ4v) is 2.85. The molecule has 0 spiro atoms. The fourth-order valence-electron chi connectivity index (χ4n) is 2.85. The number of hydrogen-bond donors (Lipinski definition) is 1. The first-order valence-electron chi connectivity index (χ1n) is 6.99. The van der Waals surface area contributed by atoms with Gasteiger partial charge in [-0.2, -0.15) is 0 Å². The number of rotatable bonds is 7. The summed E-state index contributed by atoms with van der Waals surface area (Å²) in [5, 5.41) is 3.67. The summed E-state index contributed by atoms with van der Waals surface area (Å²) in [7, 11) is 0. The summed E-state index contributed by atoms with van der Waals surface area (Å²) < 4.78 is 0. The van der Waals surface area contributed by atoms with Gasteiger partial charge >= 0.3 is 0 Å². The third-order valence-corrected chi connectivity index (χ3v) is 3.97. The number of nitrogens with one attached hydrogen (secondary N) is 1. The van der Waals surface area contributed by atoms with Crippen molar-refractivity contribution in [1.82, 2.24) is 5.32 Å². The zero-order valence-electron chi connectivity index (χ0n) is 10.9. The molecule has 0 saturated heterocycles. The van der Waals surface area contributed by atoms with Gasteiger partial charge in [0.1, 0.15) is 0 Å². The Morgan fingerprint density at radius 3 is 2.40 bits per heavy atom.